The van der Waals surface area contributed by atoms with Crippen LogP contribution in [0.25, 0.3) is 0 Å². The molecule has 3 heteroatoms. The van der Waals surface area contributed by atoms with E-state index in [1.807, 2.05) is 0 Å². The van der Waals surface area contributed by atoms with Crippen LogP contribution in [0, 0.1) is 0 Å². The number of fused-ring (bicyclic) bond motifs is 3. The number of nitrogens with two attached hydrogens (primary N) is 1. The van der Waals surface area contributed by atoms with Crippen LogP contribution in [0.5, 0.6) is 0 Å². The second kappa shape index (κ2) is 5.72. The third-order valence-electron chi connectivity index (χ3n) is 4.99. The minimum atomic E-state index is 0.284. The highest BCUT2D eigenvalue weighted by Gasteiger charge is 2.36. The summed E-state index contributed by atoms with van der Waals surface area (Å²) in [5, 5.41) is 0. The molecule has 0 aromatic heterocycles. The van der Waals surface area contributed by atoms with Gasteiger partial charge in [-0.25, -0.2) is 0 Å². The number of piperazine rings is 3. The molecule has 0 amide bonds. The van der Waals surface area contributed by atoms with Gasteiger partial charge in [0.15, 0.2) is 0 Å². The second-order valence-electron chi connectivity index (χ2n) is 6.16. The molecule has 102 valence electrons. The molecular weight excluding hydrogens is 222 g/mol. The van der Waals surface area contributed by atoms with Crippen molar-refractivity contribution in [1.82, 2.24) is 9.80 Å². The lowest BCUT2D eigenvalue weighted by Gasteiger charge is -2.50. The van der Waals surface area contributed by atoms with Gasteiger partial charge in [-0.1, -0.05) is 24.5 Å². The normalized spacial score (nSPS) is 38.7. The Labute approximate surface area is 111 Å². The third-order valence-corrected chi connectivity index (χ3v) is 4.99. The molecule has 2 bridgehead atoms. The standard InChI is InChI=1S/C15H27N3/c16-15(13-6-4-2-1-3-5-7-13)14-12-17-8-10-18(14)11-9-17/h6,14-15H,1-5,7-12,16H2. The predicted octanol–water partition coefficient (Wildman–Crippen LogP) is 1.59. The monoisotopic (exact) mass is 249 g/mol. The molecule has 18 heavy (non-hydrogen) atoms. The first-order chi connectivity index (χ1) is 8.84. The minimum Gasteiger partial charge on any atom is -0.323 e. The summed E-state index contributed by atoms with van der Waals surface area (Å²) in [6.45, 7) is 6.15. The molecule has 3 fully saturated rings. The zero-order chi connectivity index (χ0) is 12.4. The van der Waals surface area contributed by atoms with Crippen molar-refractivity contribution in [2.75, 3.05) is 32.7 Å². The predicted molar refractivity (Wildman–Crippen MR) is 75.6 cm³/mol. The van der Waals surface area contributed by atoms with E-state index in [1.165, 1.54) is 71.2 Å². The Morgan fingerprint density at radius 3 is 2.56 bits per heavy atom. The van der Waals surface area contributed by atoms with Crippen LogP contribution in [0.15, 0.2) is 11.6 Å². The lowest BCUT2D eigenvalue weighted by atomic mass is 9.89. The maximum Gasteiger partial charge on any atom is 0.0424 e. The van der Waals surface area contributed by atoms with E-state index in [-0.39, 0.29) is 6.04 Å². The zero-order valence-electron chi connectivity index (χ0n) is 11.5. The highest BCUT2D eigenvalue weighted by Crippen LogP contribution is 2.25. The molecule has 4 aliphatic rings. The maximum atomic E-state index is 6.59. The summed E-state index contributed by atoms with van der Waals surface area (Å²) in [5.41, 5.74) is 8.14. The third kappa shape index (κ3) is 2.63. The van der Waals surface area contributed by atoms with Gasteiger partial charge in [0, 0.05) is 44.8 Å². The van der Waals surface area contributed by atoms with Crippen LogP contribution in [0.2, 0.25) is 0 Å². The molecule has 1 aliphatic carbocycles. The highest BCUT2D eigenvalue weighted by molar-refractivity contribution is 5.16. The average Bonchev–Trinajstić information content (AvgIpc) is 2.39. The SMILES string of the molecule is NC(C1=CCCCCCC1)C1CN2CCN1CC2. The van der Waals surface area contributed by atoms with E-state index in [0.29, 0.717) is 6.04 Å². The summed E-state index contributed by atoms with van der Waals surface area (Å²) in [6.07, 6.45) is 10.5. The van der Waals surface area contributed by atoms with E-state index in [1.54, 1.807) is 5.57 Å². The van der Waals surface area contributed by atoms with Gasteiger partial charge in [0.2, 0.25) is 0 Å². The van der Waals surface area contributed by atoms with E-state index in [9.17, 15) is 0 Å². The lowest BCUT2D eigenvalue weighted by molar-refractivity contribution is 0.00664. The molecule has 3 aliphatic heterocycles. The van der Waals surface area contributed by atoms with Gasteiger partial charge in [-0.05, 0) is 25.7 Å². The summed E-state index contributed by atoms with van der Waals surface area (Å²) >= 11 is 0. The quantitative estimate of drug-likeness (QED) is 0.754. The van der Waals surface area contributed by atoms with Gasteiger partial charge in [0.05, 0.1) is 0 Å². The molecule has 3 nitrogen and oxygen atoms in total. The van der Waals surface area contributed by atoms with Crippen molar-refractivity contribution in [3.8, 4) is 0 Å². The smallest absolute Gasteiger partial charge is 0.0424 e. The second-order valence-corrected chi connectivity index (χ2v) is 6.16. The van der Waals surface area contributed by atoms with Crippen LogP contribution in [-0.4, -0.2) is 54.6 Å². The zero-order valence-corrected chi connectivity index (χ0v) is 11.5. The van der Waals surface area contributed by atoms with Crippen LogP contribution in [-0.2, 0) is 0 Å². The van der Waals surface area contributed by atoms with E-state index in [0.717, 1.165) is 0 Å². The lowest BCUT2D eigenvalue weighted by Crippen LogP contribution is -2.66. The van der Waals surface area contributed by atoms with E-state index in [2.05, 4.69) is 15.9 Å². The Kier molecular flexibility index (Phi) is 4.02. The van der Waals surface area contributed by atoms with Crippen LogP contribution in [0.1, 0.15) is 38.5 Å². The number of hydrogen-bond donors (Lipinski definition) is 1. The van der Waals surface area contributed by atoms with Crippen molar-refractivity contribution in [3.63, 3.8) is 0 Å². The molecule has 0 aromatic rings. The minimum absolute atomic E-state index is 0.284. The Bertz CT molecular complexity index is 305. The molecule has 2 N–H and O–H groups in total. The molecule has 3 saturated heterocycles. The molecule has 0 radical (unpaired) electrons. The first-order valence-corrected chi connectivity index (χ1v) is 7.75. The molecule has 2 atom stereocenters. The van der Waals surface area contributed by atoms with Crippen LogP contribution in [0.3, 0.4) is 0 Å². The summed E-state index contributed by atoms with van der Waals surface area (Å²) in [6, 6.07) is 0.865. The number of nitrogens with zero attached hydrogens (tertiary/aromatic N) is 2. The number of hydrogen-bond acceptors (Lipinski definition) is 3. The van der Waals surface area contributed by atoms with Crippen molar-refractivity contribution < 1.29 is 0 Å². The van der Waals surface area contributed by atoms with Crippen molar-refractivity contribution in [1.29, 1.82) is 0 Å². The summed E-state index contributed by atoms with van der Waals surface area (Å²) in [5.74, 6) is 0. The Morgan fingerprint density at radius 2 is 1.83 bits per heavy atom. The van der Waals surface area contributed by atoms with Crippen LogP contribution >= 0.6 is 0 Å². The summed E-state index contributed by atoms with van der Waals surface area (Å²) < 4.78 is 0. The number of rotatable bonds is 2. The Morgan fingerprint density at radius 1 is 1.06 bits per heavy atom. The average molecular weight is 249 g/mol. The van der Waals surface area contributed by atoms with Gasteiger partial charge < -0.3 is 5.73 Å². The molecule has 0 aromatic carbocycles. The largest absolute Gasteiger partial charge is 0.323 e. The van der Waals surface area contributed by atoms with Gasteiger partial charge in [0.1, 0.15) is 0 Å². The summed E-state index contributed by atoms with van der Waals surface area (Å²) in [7, 11) is 0. The van der Waals surface area contributed by atoms with Gasteiger partial charge in [0.25, 0.3) is 0 Å². The van der Waals surface area contributed by atoms with Crippen molar-refractivity contribution >= 4 is 0 Å². The van der Waals surface area contributed by atoms with Gasteiger partial charge in [-0.15, -0.1) is 0 Å². The van der Waals surface area contributed by atoms with E-state index in [4.69, 9.17) is 5.73 Å². The fourth-order valence-corrected chi connectivity index (χ4v) is 3.76. The highest BCUT2D eigenvalue weighted by atomic mass is 15.3. The molecule has 0 spiro atoms. The van der Waals surface area contributed by atoms with Crippen LogP contribution < -0.4 is 5.73 Å². The van der Waals surface area contributed by atoms with E-state index >= 15 is 0 Å². The topological polar surface area (TPSA) is 32.5 Å². The van der Waals surface area contributed by atoms with Crippen molar-refractivity contribution in [2.24, 2.45) is 5.73 Å². The Balaban J connectivity index is 1.67. The summed E-state index contributed by atoms with van der Waals surface area (Å²) in [4.78, 5) is 5.22. The van der Waals surface area contributed by atoms with Gasteiger partial charge in [-0.3, -0.25) is 9.80 Å². The molecular formula is C15H27N3. The molecule has 4 rings (SSSR count). The van der Waals surface area contributed by atoms with Crippen molar-refractivity contribution in [3.05, 3.63) is 11.6 Å². The van der Waals surface area contributed by atoms with E-state index < -0.39 is 0 Å². The fraction of sp³-hybridized carbons (Fsp3) is 0.867. The molecule has 3 heterocycles. The first kappa shape index (κ1) is 12.6. The van der Waals surface area contributed by atoms with Crippen molar-refractivity contribution in [2.45, 2.75) is 50.6 Å². The van der Waals surface area contributed by atoms with Gasteiger partial charge in [-0.2, -0.15) is 0 Å². The van der Waals surface area contributed by atoms with Crippen LogP contribution in [0.4, 0.5) is 0 Å². The molecule has 2 unspecified atom stereocenters. The number of allylic oxidation sites excluding steroid dienone is 1. The van der Waals surface area contributed by atoms with Gasteiger partial charge >= 0.3 is 0 Å². The molecule has 0 saturated carbocycles. The first-order valence-electron chi connectivity index (χ1n) is 7.75. The fourth-order valence-electron chi connectivity index (χ4n) is 3.76. The maximum absolute atomic E-state index is 6.59. The Hall–Kier alpha value is -0.380.